The van der Waals surface area contributed by atoms with Gasteiger partial charge in [-0.05, 0) is 36.6 Å². The number of nitrogens with one attached hydrogen (secondary N) is 1. The number of methoxy groups -OCH3 is 1. The maximum atomic E-state index is 5.99. The summed E-state index contributed by atoms with van der Waals surface area (Å²) in [7, 11) is 1.66. The van der Waals surface area contributed by atoms with Gasteiger partial charge < -0.3 is 21.5 Å². The summed E-state index contributed by atoms with van der Waals surface area (Å²) in [5.74, 6) is 1.28. The van der Waals surface area contributed by atoms with Gasteiger partial charge in [0.2, 0.25) is 5.95 Å². The Labute approximate surface area is 140 Å². The van der Waals surface area contributed by atoms with Crippen molar-refractivity contribution in [2.24, 2.45) is 0 Å². The van der Waals surface area contributed by atoms with Crippen molar-refractivity contribution >= 4 is 28.5 Å². The van der Waals surface area contributed by atoms with Gasteiger partial charge in [0, 0.05) is 12.7 Å². The predicted molar refractivity (Wildman–Crippen MR) is 96.0 cm³/mol. The van der Waals surface area contributed by atoms with Crippen LogP contribution < -0.4 is 21.5 Å². The average Bonchev–Trinajstić information content (AvgIpc) is 2.54. The molecule has 0 unspecified atom stereocenters. The molecule has 0 aliphatic carbocycles. The van der Waals surface area contributed by atoms with Gasteiger partial charge in [-0.2, -0.15) is 9.97 Å². The van der Waals surface area contributed by atoms with E-state index in [1.165, 1.54) is 0 Å². The molecule has 0 amide bonds. The molecule has 5 N–H and O–H groups in total. The van der Waals surface area contributed by atoms with Gasteiger partial charge in [0.15, 0.2) is 5.65 Å². The van der Waals surface area contributed by atoms with E-state index in [0.717, 1.165) is 33.5 Å². The van der Waals surface area contributed by atoms with Crippen molar-refractivity contribution in [1.82, 2.24) is 15.0 Å². The number of nitrogens with two attached hydrogens (primary N) is 2. The van der Waals surface area contributed by atoms with E-state index in [2.05, 4.69) is 20.3 Å². The summed E-state index contributed by atoms with van der Waals surface area (Å²) < 4.78 is 5.42. The van der Waals surface area contributed by atoms with Crippen molar-refractivity contribution in [2.75, 3.05) is 23.9 Å². The van der Waals surface area contributed by atoms with Crippen LogP contribution in [-0.2, 0) is 6.54 Å². The number of anilines is 3. The number of aromatic nitrogens is 3. The summed E-state index contributed by atoms with van der Waals surface area (Å²) in [4.78, 5) is 12.5. The molecule has 0 aliphatic heterocycles. The third-order valence-corrected chi connectivity index (χ3v) is 4.04. The fraction of sp³-hybridized carbons (Fsp3) is 0.235. The first-order valence-corrected chi connectivity index (χ1v) is 7.56. The van der Waals surface area contributed by atoms with Gasteiger partial charge >= 0.3 is 0 Å². The van der Waals surface area contributed by atoms with E-state index in [9.17, 15) is 0 Å². The largest absolute Gasteiger partial charge is 0.495 e. The van der Waals surface area contributed by atoms with Gasteiger partial charge in [-0.3, -0.25) is 0 Å². The lowest BCUT2D eigenvalue weighted by Crippen LogP contribution is -2.08. The van der Waals surface area contributed by atoms with Crippen molar-refractivity contribution in [2.45, 2.75) is 20.4 Å². The molecule has 0 atom stereocenters. The highest BCUT2D eigenvalue weighted by Gasteiger charge is 2.12. The third-order valence-electron chi connectivity index (χ3n) is 4.04. The number of nitrogen functional groups attached to an aromatic ring is 2. The van der Waals surface area contributed by atoms with Gasteiger partial charge in [0.25, 0.3) is 0 Å². The minimum Gasteiger partial charge on any atom is -0.495 e. The normalized spacial score (nSPS) is 10.8. The summed E-state index contributed by atoms with van der Waals surface area (Å²) in [6, 6.07) is 5.92. The second kappa shape index (κ2) is 6.19. The molecule has 3 aromatic rings. The molecule has 0 radical (unpaired) electrons. The van der Waals surface area contributed by atoms with E-state index in [1.54, 1.807) is 13.3 Å². The lowest BCUT2D eigenvalue weighted by atomic mass is 10.1. The Morgan fingerprint density at radius 1 is 1.17 bits per heavy atom. The lowest BCUT2D eigenvalue weighted by Gasteiger charge is -2.15. The van der Waals surface area contributed by atoms with Crippen molar-refractivity contribution in [3.8, 4) is 5.75 Å². The van der Waals surface area contributed by atoms with E-state index in [4.69, 9.17) is 16.2 Å². The molecule has 24 heavy (non-hydrogen) atoms. The maximum absolute atomic E-state index is 5.99. The Hall–Kier alpha value is -3.09. The van der Waals surface area contributed by atoms with Crippen molar-refractivity contribution < 1.29 is 4.74 Å². The van der Waals surface area contributed by atoms with E-state index in [-0.39, 0.29) is 5.95 Å². The molecule has 124 valence electrons. The van der Waals surface area contributed by atoms with E-state index >= 15 is 0 Å². The SMILES string of the molecule is COc1cccc(C)c1NCc1cnc2nc(N)nc(N)c2c1C. The van der Waals surface area contributed by atoms with Crippen LogP contribution in [0.3, 0.4) is 0 Å². The topological polar surface area (TPSA) is 112 Å². The molecule has 0 fully saturated rings. The van der Waals surface area contributed by atoms with Crippen molar-refractivity contribution in [3.63, 3.8) is 0 Å². The molecule has 7 nitrogen and oxygen atoms in total. The fourth-order valence-corrected chi connectivity index (χ4v) is 2.73. The van der Waals surface area contributed by atoms with Crippen molar-refractivity contribution in [3.05, 3.63) is 41.1 Å². The molecule has 3 rings (SSSR count). The predicted octanol–water partition coefficient (Wildman–Crippen LogP) is 2.43. The quantitative estimate of drug-likeness (QED) is 0.675. The number of pyridine rings is 1. The zero-order chi connectivity index (χ0) is 17.3. The Morgan fingerprint density at radius 3 is 2.71 bits per heavy atom. The molecule has 0 aliphatic rings. The van der Waals surface area contributed by atoms with Gasteiger partial charge in [0.05, 0.1) is 18.2 Å². The summed E-state index contributed by atoms with van der Waals surface area (Å²) in [5.41, 5.74) is 16.2. The Morgan fingerprint density at radius 2 is 1.96 bits per heavy atom. The number of hydrogen-bond donors (Lipinski definition) is 3. The molecule has 0 saturated carbocycles. The maximum Gasteiger partial charge on any atom is 0.224 e. The number of nitrogens with zero attached hydrogens (tertiary/aromatic N) is 3. The number of benzene rings is 1. The highest BCUT2D eigenvalue weighted by Crippen LogP contribution is 2.29. The highest BCUT2D eigenvalue weighted by molar-refractivity contribution is 5.90. The van der Waals surface area contributed by atoms with Gasteiger partial charge in [-0.25, -0.2) is 4.98 Å². The number of para-hydroxylation sites is 1. The van der Waals surface area contributed by atoms with Crippen LogP contribution in [0.25, 0.3) is 11.0 Å². The molecule has 1 aromatic carbocycles. The van der Waals surface area contributed by atoms with Gasteiger partial charge in [0.1, 0.15) is 11.6 Å². The van der Waals surface area contributed by atoms with E-state index in [0.29, 0.717) is 18.0 Å². The first-order valence-electron chi connectivity index (χ1n) is 7.56. The molecular weight excluding hydrogens is 304 g/mol. The van der Waals surface area contributed by atoms with Crippen LogP contribution >= 0.6 is 0 Å². The molecule has 0 saturated heterocycles. The number of ether oxygens (including phenoxy) is 1. The highest BCUT2D eigenvalue weighted by atomic mass is 16.5. The van der Waals surface area contributed by atoms with Crippen LogP contribution in [-0.4, -0.2) is 22.1 Å². The zero-order valence-electron chi connectivity index (χ0n) is 13.9. The second-order valence-corrected chi connectivity index (χ2v) is 5.58. The minimum absolute atomic E-state index is 0.127. The third kappa shape index (κ3) is 2.76. The van der Waals surface area contributed by atoms with E-state index < -0.39 is 0 Å². The molecule has 7 heteroatoms. The van der Waals surface area contributed by atoms with Crippen LogP contribution in [0.4, 0.5) is 17.5 Å². The van der Waals surface area contributed by atoms with Crippen molar-refractivity contribution in [1.29, 1.82) is 0 Å². The van der Waals surface area contributed by atoms with E-state index in [1.807, 2.05) is 32.0 Å². The summed E-state index contributed by atoms with van der Waals surface area (Å²) >= 11 is 0. The number of fused-ring (bicyclic) bond motifs is 1. The summed E-state index contributed by atoms with van der Waals surface area (Å²) in [5, 5.41) is 4.15. The van der Waals surface area contributed by atoms with Gasteiger partial charge in [-0.1, -0.05) is 12.1 Å². The van der Waals surface area contributed by atoms with Crippen LogP contribution in [0.1, 0.15) is 16.7 Å². The summed E-state index contributed by atoms with van der Waals surface area (Å²) in [6.45, 7) is 4.59. The second-order valence-electron chi connectivity index (χ2n) is 5.58. The monoisotopic (exact) mass is 324 g/mol. The molecule has 2 heterocycles. The standard InChI is InChI=1S/C17H20N6O/c1-9-5-4-6-12(24-3)14(9)20-7-11-8-21-16-13(10(11)2)15(18)22-17(19)23-16/h4-6,8,20H,7H2,1-3H3,(H4,18,19,21,22,23). The smallest absolute Gasteiger partial charge is 0.224 e. The molecule has 2 aromatic heterocycles. The van der Waals surface area contributed by atoms with Crippen LogP contribution in [0, 0.1) is 13.8 Å². The van der Waals surface area contributed by atoms with Crippen LogP contribution in [0.15, 0.2) is 24.4 Å². The van der Waals surface area contributed by atoms with Gasteiger partial charge in [-0.15, -0.1) is 0 Å². The molecule has 0 bridgehead atoms. The minimum atomic E-state index is 0.127. The summed E-state index contributed by atoms with van der Waals surface area (Å²) in [6.07, 6.45) is 1.78. The van der Waals surface area contributed by atoms with Crippen LogP contribution in [0.5, 0.6) is 5.75 Å². The molecular formula is C17H20N6O. The zero-order valence-corrected chi connectivity index (χ0v) is 13.9. The average molecular weight is 324 g/mol. The number of aryl methyl sites for hydroxylation is 2. The lowest BCUT2D eigenvalue weighted by molar-refractivity contribution is 0.416. The molecule has 0 spiro atoms. The Balaban J connectivity index is 1.96. The fourth-order valence-electron chi connectivity index (χ4n) is 2.73. The van der Waals surface area contributed by atoms with Crippen LogP contribution in [0.2, 0.25) is 0 Å². The Kier molecular flexibility index (Phi) is 4.07. The number of hydrogen-bond acceptors (Lipinski definition) is 7. The Bertz CT molecular complexity index is 909. The first kappa shape index (κ1) is 15.8. The number of rotatable bonds is 4. The first-order chi connectivity index (χ1) is 11.5.